The van der Waals surface area contributed by atoms with Gasteiger partial charge in [-0.1, -0.05) is 18.5 Å². The number of halogens is 1. The van der Waals surface area contributed by atoms with E-state index in [4.69, 9.17) is 16.3 Å². The van der Waals surface area contributed by atoms with Crippen molar-refractivity contribution in [2.75, 3.05) is 13.2 Å². The molecule has 1 N–H and O–H groups in total. The van der Waals surface area contributed by atoms with Gasteiger partial charge < -0.3 is 9.84 Å². The number of aliphatic hydroxyl groups is 1. The summed E-state index contributed by atoms with van der Waals surface area (Å²) in [5.74, 6) is 0.723. The van der Waals surface area contributed by atoms with Crippen molar-refractivity contribution in [1.82, 2.24) is 4.31 Å². The summed E-state index contributed by atoms with van der Waals surface area (Å²) in [6.45, 7) is 4.17. The zero-order valence-corrected chi connectivity index (χ0v) is 14.9. The number of rotatable bonds is 3. The molecule has 5 nitrogen and oxygen atoms in total. The molecule has 0 unspecified atom stereocenters. The Morgan fingerprint density at radius 3 is 2.83 bits per heavy atom. The molecule has 1 fully saturated rings. The number of hydrogen-bond acceptors (Lipinski definition) is 4. The van der Waals surface area contributed by atoms with Crippen LogP contribution in [0, 0.1) is 5.92 Å². The Labute approximate surface area is 142 Å². The van der Waals surface area contributed by atoms with Gasteiger partial charge in [0.1, 0.15) is 11.9 Å². The molecule has 2 heterocycles. The zero-order chi connectivity index (χ0) is 16.8. The number of hydrogen-bond donors (Lipinski definition) is 1. The van der Waals surface area contributed by atoms with E-state index in [1.165, 1.54) is 10.4 Å². The summed E-state index contributed by atoms with van der Waals surface area (Å²) in [6, 6.07) is 2.74. The highest BCUT2D eigenvalue weighted by Crippen LogP contribution is 2.39. The van der Waals surface area contributed by atoms with Crippen molar-refractivity contribution in [3.05, 3.63) is 22.7 Å². The van der Waals surface area contributed by atoms with E-state index < -0.39 is 10.0 Å². The van der Waals surface area contributed by atoms with Crippen LogP contribution in [0.1, 0.15) is 32.3 Å². The summed E-state index contributed by atoms with van der Waals surface area (Å²) < 4.78 is 33.2. The number of aliphatic hydroxyl groups excluding tert-OH is 1. The maximum atomic E-state index is 13.1. The Hall–Kier alpha value is -0.820. The Balaban J connectivity index is 2.00. The van der Waals surface area contributed by atoms with E-state index in [2.05, 4.69) is 0 Å². The highest BCUT2D eigenvalue weighted by atomic mass is 35.5. The van der Waals surface area contributed by atoms with Gasteiger partial charge in [-0.15, -0.1) is 0 Å². The summed E-state index contributed by atoms with van der Waals surface area (Å²) in [5.41, 5.74) is 0.828. The second-order valence-corrected chi connectivity index (χ2v) is 8.81. The Kier molecular flexibility index (Phi) is 4.62. The molecule has 0 bridgehead atoms. The number of ether oxygens (including phenoxy) is 1. The number of nitrogens with zero attached hydrogens (tertiary/aromatic N) is 1. The van der Waals surface area contributed by atoms with Gasteiger partial charge in [0.05, 0.1) is 22.6 Å². The smallest absolute Gasteiger partial charge is 0.243 e. The molecule has 3 atom stereocenters. The van der Waals surface area contributed by atoms with E-state index in [0.717, 1.165) is 18.4 Å². The second-order valence-electron chi connectivity index (χ2n) is 6.51. The highest BCUT2D eigenvalue weighted by molar-refractivity contribution is 7.89. The molecule has 0 saturated carbocycles. The topological polar surface area (TPSA) is 66.8 Å². The van der Waals surface area contributed by atoms with Crippen molar-refractivity contribution in [2.45, 2.75) is 50.2 Å². The number of fused-ring (bicyclic) bond motifs is 1. The molecule has 3 rings (SSSR count). The van der Waals surface area contributed by atoms with Gasteiger partial charge in [0, 0.05) is 18.5 Å². The molecule has 23 heavy (non-hydrogen) atoms. The third-order valence-corrected chi connectivity index (χ3v) is 6.96. The Bertz CT molecular complexity index is 706. The van der Waals surface area contributed by atoms with E-state index in [-0.39, 0.29) is 29.6 Å². The molecule has 0 spiro atoms. The van der Waals surface area contributed by atoms with Gasteiger partial charge in [-0.25, -0.2) is 8.42 Å². The number of benzene rings is 1. The van der Waals surface area contributed by atoms with Crippen molar-refractivity contribution >= 4 is 21.6 Å². The number of sulfonamides is 1. The summed E-state index contributed by atoms with van der Waals surface area (Å²) in [4.78, 5) is 0.187. The van der Waals surface area contributed by atoms with Crippen LogP contribution in [0.3, 0.4) is 0 Å². The summed E-state index contributed by atoms with van der Waals surface area (Å²) in [6.07, 6.45) is 2.38. The average Bonchev–Trinajstić information content (AvgIpc) is 2.88. The Morgan fingerprint density at radius 1 is 1.39 bits per heavy atom. The summed E-state index contributed by atoms with van der Waals surface area (Å²) >= 11 is 6.23. The van der Waals surface area contributed by atoms with Crippen molar-refractivity contribution in [1.29, 1.82) is 0 Å². The molecule has 0 amide bonds. The summed E-state index contributed by atoms with van der Waals surface area (Å²) in [7, 11) is -3.68. The van der Waals surface area contributed by atoms with Crippen LogP contribution in [0.2, 0.25) is 5.02 Å². The minimum absolute atomic E-state index is 0.000605. The van der Waals surface area contributed by atoms with Crippen LogP contribution >= 0.6 is 11.6 Å². The second kappa shape index (κ2) is 6.24. The van der Waals surface area contributed by atoms with Gasteiger partial charge in [0.15, 0.2) is 0 Å². The van der Waals surface area contributed by atoms with E-state index in [9.17, 15) is 13.5 Å². The first-order chi connectivity index (χ1) is 10.8. The van der Waals surface area contributed by atoms with Crippen molar-refractivity contribution in [2.24, 2.45) is 5.92 Å². The van der Waals surface area contributed by atoms with Crippen LogP contribution in [0.15, 0.2) is 17.0 Å². The van der Waals surface area contributed by atoms with Gasteiger partial charge in [-0.2, -0.15) is 4.31 Å². The zero-order valence-electron chi connectivity index (χ0n) is 13.3. The van der Waals surface area contributed by atoms with Crippen LogP contribution in [0.4, 0.5) is 0 Å². The van der Waals surface area contributed by atoms with Crippen LogP contribution in [0.5, 0.6) is 5.75 Å². The third kappa shape index (κ3) is 2.97. The first-order valence-corrected chi connectivity index (χ1v) is 9.78. The van der Waals surface area contributed by atoms with Crippen LogP contribution in [-0.4, -0.2) is 43.1 Å². The van der Waals surface area contributed by atoms with Crippen LogP contribution in [-0.2, 0) is 16.4 Å². The molecule has 1 aromatic rings. The highest BCUT2D eigenvalue weighted by Gasteiger charge is 2.38. The molecule has 7 heteroatoms. The van der Waals surface area contributed by atoms with E-state index >= 15 is 0 Å². The van der Waals surface area contributed by atoms with Crippen molar-refractivity contribution in [3.63, 3.8) is 0 Å². The van der Waals surface area contributed by atoms with Crippen LogP contribution in [0.25, 0.3) is 0 Å². The van der Waals surface area contributed by atoms with Crippen molar-refractivity contribution in [3.8, 4) is 5.75 Å². The molecule has 1 aromatic carbocycles. The predicted octanol–water partition coefficient (Wildman–Crippen LogP) is 2.44. The molecule has 2 aliphatic rings. The fraction of sp³-hybridized carbons (Fsp3) is 0.625. The molecular formula is C16H22ClNO4S. The maximum absolute atomic E-state index is 13.1. The fourth-order valence-corrected chi connectivity index (χ4v) is 5.70. The Morgan fingerprint density at radius 2 is 2.13 bits per heavy atom. The van der Waals surface area contributed by atoms with E-state index in [1.54, 1.807) is 6.07 Å². The first kappa shape index (κ1) is 17.0. The lowest BCUT2D eigenvalue weighted by atomic mass is 9.93. The normalized spacial score (nSPS) is 28.4. The minimum atomic E-state index is -3.68. The average molecular weight is 360 g/mol. The quantitative estimate of drug-likeness (QED) is 0.900. The van der Waals surface area contributed by atoms with Gasteiger partial charge in [0.25, 0.3) is 0 Å². The van der Waals surface area contributed by atoms with Crippen LogP contribution < -0.4 is 4.74 Å². The monoisotopic (exact) mass is 359 g/mol. The van der Waals surface area contributed by atoms with E-state index in [1.807, 2.05) is 13.8 Å². The van der Waals surface area contributed by atoms with Gasteiger partial charge in [0.2, 0.25) is 10.0 Å². The summed E-state index contributed by atoms with van der Waals surface area (Å²) in [5, 5.41) is 9.96. The molecule has 1 saturated heterocycles. The number of piperidine rings is 1. The third-order valence-electron chi connectivity index (χ3n) is 4.78. The van der Waals surface area contributed by atoms with Crippen molar-refractivity contribution < 1.29 is 18.3 Å². The molecule has 0 aromatic heterocycles. The first-order valence-electron chi connectivity index (χ1n) is 7.96. The molecule has 0 aliphatic carbocycles. The van der Waals surface area contributed by atoms with Gasteiger partial charge >= 0.3 is 0 Å². The standard InChI is InChI=1S/C16H22ClNO4S/c1-10-4-3-5-18(15(10)9-19)23(20,21)13-7-12-6-11(2)22-16(12)14(17)8-13/h7-8,10-11,15,19H,3-6,9H2,1-2H3/t10-,11+,15-/m0/s1. The largest absolute Gasteiger partial charge is 0.489 e. The lowest BCUT2D eigenvalue weighted by Gasteiger charge is -2.37. The molecule has 128 valence electrons. The molecular weight excluding hydrogens is 338 g/mol. The SMILES string of the molecule is C[C@@H]1Cc2cc(S(=O)(=O)N3CCC[C@H](C)[C@@H]3CO)cc(Cl)c2O1. The minimum Gasteiger partial charge on any atom is -0.489 e. The molecule has 0 radical (unpaired) electrons. The predicted molar refractivity (Wildman–Crippen MR) is 88.4 cm³/mol. The maximum Gasteiger partial charge on any atom is 0.243 e. The van der Waals surface area contributed by atoms with Gasteiger partial charge in [-0.05, 0) is 37.8 Å². The van der Waals surface area contributed by atoms with Gasteiger partial charge in [-0.3, -0.25) is 0 Å². The lowest BCUT2D eigenvalue weighted by Crippen LogP contribution is -2.49. The molecule has 2 aliphatic heterocycles. The van der Waals surface area contributed by atoms with E-state index in [0.29, 0.717) is 23.7 Å². The fourth-order valence-electron chi connectivity index (χ4n) is 3.52. The lowest BCUT2D eigenvalue weighted by molar-refractivity contribution is 0.113.